The summed E-state index contributed by atoms with van der Waals surface area (Å²) < 4.78 is 21.9. The van der Waals surface area contributed by atoms with Crippen LogP contribution in [0.5, 0.6) is 0 Å². The molecule has 4 aliphatic heterocycles. The van der Waals surface area contributed by atoms with Crippen molar-refractivity contribution in [2.45, 2.75) is 231 Å². The second-order valence-electron chi connectivity index (χ2n) is 37.0. The van der Waals surface area contributed by atoms with Crippen LogP contribution in [0.3, 0.4) is 0 Å². The van der Waals surface area contributed by atoms with Crippen LogP contribution in [0.4, 0.5) is 19.2 Å². The summed E-state index contributed by atoms with van der Waals surface area (Å²) in [4.78, 5) is 69.6. The van der Waals surface area contributed by atoms with Gasteiger partial charge in [0.1, 0.15) is 22.4 Å². The highest BCUT2D eigenvalue weighted by Gasteiger charge is 2.46. The Morgan fingerprint density at radius 3 is 0.804 bits per heavy atom. The van der Waals surface area contributed by atoms with Crippen LogP contribution in [0.15, 0.2) is 73.3 Å². The van der Waals surface area contributed by atoms with Crippen LogP contribution in [0, 0.1) is 45.3 Å². The van der Waals surface area contributed by atoms with E-state index >= 15 is 0 Å². The Kier molecular flexibility index (Phi) is 27.6. The number of hydrogen-bond donors (Lipinski definition) is 7. The van der Waals surface area contributed by atoms with E-state index in [0.29, 0.717) is 83.5 Å². The molecule has 4 aromatic heterocycles. The highest BCUT2D eigenvalue weighted by molar-refractivity contribution is 6.33. The van der Waals surface area contributed by atoms with Crippen molar-refractivity contribution in [2.75, 3.05) is 52.4 Å². The van der Waals surface area contributed by atoms with E-state index in [1.165, 1.54) is 0 Å². The van der Waals surface area contributed by atoms with Crippen LogP contribution < -0.4 is 0 Å². The minimum absolute atomic E-state index is 0.0416. The van der Waals surface area contributed by atoms with E-state index in [2.05, 4.69) is 82.3 Å². The SMILES string of the molecule is CC(C)(C)OC(=O)N1CCC(C(C)(C)C(=O)c2cc(Cl)cc3cn[nH]c23)CC1.CC(C)(C)OC(=O)N1CCC(C(C)(C)C(O)c2cc(Cl)cc3cn[nH]c23)CC1.CC(C)(C)OC(=O)N1CCC(C(C)(C)[C@@H](O)c2cc(Cl)cc3cn[nH]c23)CC1.CC(C)(C)OC(=O)N1CCC(C(C)(C)[C@H](O)c2cc(Cl)cc3cn[nH]c23)CC1. The summed E-state index contributed by atoms with van der Waals surface area (Å²) in [6, 6.07) is 14.4. The number of aliphatic hydroxyl groups is 3. The zero-order chi connectivity index (χ0) is 82.8. The lowest BCUT2D eigenvalue weighted by atomic mass is 9.68. The average molecular weight is 1630 g/mol. The fraction of sp³-hybridized carbons (Fsp3) is 0.607. The maximum Gasteiger partial charge on any atom is 0.410 e. The van der Waals surface area contributed by atoms with Crippen molar-refractivity contribution in [1.29, 1.82) is 0 Å². The topological polar surface area (TPSA) is 311 Å². The molecule has 112 heavy (non-hydrogen) atoms. The lowest BCUT2D eigenvalue weighted by Gasteiger charge is -2.43. The van der Waals surface area contributed by atoms with Gasteiger partial charge in [0.05, 0.1) is 65.2 Å². The van der Waals surface area contributed by atoms with Crippen LogP contribution in [0.25, 0.3) is 43.6 Å². The van der Waals surface area contributed by atoms with Gasteiger partial charge in [-0.2, -0.15) is 20.4 Å². The maximum absolute atomic E-state index is 13.4. The summed E-state index contributed by atoms with van der Waals surface area (Å²) in [6.07, 6.45) is 10.0. The highest BCUT2D eigenvalue weighted by atomic mass is 35.5. The first kappa shape index (κ1) is 88.5. The molecule has 24 nitrogen and oxygen atoms in total. The van der Waals surface area contributed by atoms with Crippen LogP contribution in [0.1, 0.15) is 235 Å². The minimum Gasteiger partial charge on any atom is -0.444 e. The summed E-state index contributed by atoms with van der Waals surface area (Å²) in [5, 5.41) is 67.7. The molecule has 7 N–H and O–H groups in total. The number of aromatic amines is 4. The molecule has 8 aromatic rings. The normalized spacial score (nSPS) is 17.4. The number of carbonyl (C=O) groups excluding carboxylic acids is 5. The Bertz CT molecular complexity index is 4240. The summed E-state index contributed by atoms with van der Waals surface area (Å²) in [7, 11) is 0. The number of fused-ring (bicyclic) bond motifs is 4. The third-order valence-electron chi connectivity index (χ3n) is 22.7. The first-order valence-electron chi connectivity index (χ1n) is 39.0. The molecule has 1 unspecified atom stereocenters. The third-order valence-corrected chi connectivity index (χ3v) is 23.6. The number of aliphatic hydroxyl groups excluding tert-OH is 3. The number of carbonyl (C=O) groups is 5. The number of ketones is 1. The number of aromatic nitrogens is 8. The second kappa shape index (κ2) is 34.9. The van der Waals surface area contributed by atoms with E-state index < -0.39 is 46.1 Å². The van der Waals surface area contributed by atoms with E-state index in [-0.39, 0.29) is 70.1 Å². The Morgan fingerprint density at radius 2 is 0.562 bits per heavy atom. The predicted octanol–water partition coefficient (Wildman–Crippen LogP) is 19.8. The molecule has 0 bridgehead atoms. The van der Waals surface area contributed by atoms with Crippen LogP contribution in [-0.4, -0.2) is 181 Å². The molecule has 28 heteroatoms. The number of nitrogens with zero attached hydrogens (tertiary/aromatic N) is 8. The number of rotatable bonds is 12. The molecule has 0 spiro atoms. The van der Waals surface area contributed by atoms with Crippen molar-refractivity contribution >= 4 is 120 Å². The van der Waals surface area contributed by atoms with Gasteiger partial charge in [0.25, 0.3) is 0 Å². The molecular weight excluding hydrogens is 1510 g/mol. The fourth-order valence-corrected chi connectivity index (χ4v) is 16.8. The molecule has 4 aliphatic rings. The second-order valence-corrected chi connectivity index (χ2v) is 38.7. The summed E-state index contributed by atoms with van der Waals surface area (Å²) in [5.74, 6) is 0.991. The van der Waals surface area contributed by atoms with Gasteiger partial charge >= 0.3 is 24.4 Å². The highest BCUT2D eigenvalue weighted by Crippen LogP contribution is 2.50. The number of ether oxygens (including phenoxy) is 4. The van der Waals surface area contributed by atoms with Gasteiger partial charge in [0.2, 0.25) is 0 Å². The molecular formula is C84H118Cl4N12O12. The van der Waals surface area contributed by atoms with E-state index in [1.807, 2.05) is 133 Å². The summed E-state index contributed by atoms with van der Waals surface area (Å²) in [5.41, 5.74) is 2.29. The lowest BCUT2D eigenvalue weighted by Crippen LogP contribution is -2.45. The van der Waals surface area contributed by atoms with Crippen LogP contribution >= 0.6 is 46.4 Å². The molecule has 0 radical (unpaired) electrons. The van der Waals surface area contributed by atoms with E-state index in [0.717, 1.165) is 106 Å². The molecule has 8 heterocycles. The zero-order valence-electron chi connectivity index (χ0n) is 68.9. The van der Waals surface area contributed by atoms with Gasteiger partial charge < -0.3 is 53.9 Å². The van der Waals surface area contributed by atoms with Crippen LogP contribution in [-0.2, 0) is 18.9 Å². The monoisotopic (exact) mass is 1630 g/mol. The number of amides is 4. The first-order chi connectivity index (χ1) is 51.9. The molecule has 4 saturated heterocycles. The first-order valence-corrected chi connectivity index (χ1v) is 40.5. The van der Waals surface area contributed by atoms with Crippen molar-refractivity contribution in [3.63, 3.8) is 0 Å². The maximum atomic E-state index is 13.4. The number of nitrogens with one attached hydrogen (secondary N) is 4. The van der Waals surface area contributed by atoms with Gasteiger partial charge in [-0.3, -0.25) is 25.2 Å². The summed E-state index contributed by atoms with van der Waals surface area (Å²) in [6.45, 7) is 43.8. The largest absolute Gasteiger partial charge is 0.444 e. The predicted molar refractivity (Wildman–Crippen MR) is 441 cm³/mol. The Labute approximate surface area is 678 Å². The molecule has 3 atom stereocenters. The molecule has 4 aromatic carbocycles. The number of piperidine rings is 4. The van der Waals surface area contributed by atoms with Gasteiger partial charge in [-0.1, -0.05) is 102 Å². The zero-order valence-corrected chi connectivity index (χ0v) is 71.9. The Morgan fingerprint density at radius 1 is 0.348 bits per heavy atom. The number of Topliss-reactive ketones (excluding diaryl/α,β-unsaturated/α-hetero) is 1. The van der Waals surface area contributed by atoms with Gasteiger partial charge in [0.15, 0.2) is 5.78 Å². The number of likely N-dealkylation sites (tertiary alicyclic amines) is 4. The van der Waals surface area contributed by atoms with E-state index in [9.17, 15) is 39.3 Å². The standard InChI is InChI=1S/3C21H30ClN3O3.C21H28ClN3O3/c4*1-20(2,3)28-19(27)25-8-6-14(7-9-25)21(4,5)18(26)16-11-15(22)10-13-12-23-24-17(13)16/h3*10-12,14,18,26H,6-9H2,1-5H3,(H,23,24);10-12,14H,6-9H2,1-5H3,(H,23,24)/t2*18-;;/m10../s1. The Hall–Kier alpha value is -7.45. The lowest BCUT2D eigenvalue weighted by molar-refractivity contribution is -0.0258. The molecule has 0 saturated carbocycles. The van der Waals surface area contributed by atoms with Crippen molar-refractivity contribution in [3.05, 3.63) is 116 Å². The third kappa shape index (κ3) is 21.7. The van der Waals surface area contributed by atoms with Gasteiger partial charge in [-0.05, 0) is 223 Å². The molecule has 12 rings (SSSR count). The molecule has 4 amide bonds. The number of halogens is 4. The molecule has 614 valence electrons. The minimum atomic E-state index is -0.702. The van der Waals surface area contributed by atoms with Gasteiger partial charge in [-0.15, -0.1) is 0 Å². The van der Waals surface area contributed by atoms with Crippen molar-refractivity contribution in [1.82, 2.24) is 60.4 Å². The average Bonchev–Trinajstić information content (AvgIpc) is 1.51. The van der Waals surface area contributed by atoms with Crippen molar-refractivity contribution in [2.24, 2.45) is 45.3 Å². The van der Waals surface area contributed by atoms with Crippen molar-refractivity contribution < 1.29 is 58.2 Å². The molecule has 0 aliphatic carbocycles. The van der Waals surface area contributed by atoms with Gasteiger partial charge in [0, 0.05) is 122 Å². The number of H-pyrrole nitrogens is 4. The number of benzene rings is 4. The summed E-state index contributed by atoms with van der Waals surface area (Å²) >= 11 is 25.0. The number of hydrogen-bond acceptors (Lipinski definition) is 16. The van der Waals surface area contributed by atoms with Crippen LogP contribution in [0.2, 0.25) is 20.1 Å². The van der Waals surface area contributed by atoms with Gasteiger partial charge in [-0.25, -0.2) is 19.2 Å². The molecule has 4 fully saturated rings. The van der Waals surface area contributed by atoms with E-state index in [1.54, 1.807) is 56.5 Å². The Balaban J connectivity index is 0.000000171. The fourth-order valence-electron chi connectivity index (χ4n) is 15.9. The smallest absolute Gasteiger partial charge is 0.410 e. The van der Waals surface area contributed by atoms with Crippen molar-refractivity contribution in [3.8, 4) is 0 Å². The quantitative estimate of drug-likeness (QED) is 0.0442. The van der Waals surface area contributed by atoms with E-state index in [4.69, 9.17) is 65.4 Å².